The van der Waals surface area contributed by atoms with Crippen molar-refractivity contribution < 1.29 is 4.79 Å². The van der Waals surface area contributed by atoms with Gasteiger partial charge in [-0.15, -0.1) is 0 Å². The summed E-state index contributed by atoms with van der Waals surface area (Å²) in [6, 6.07) is 11.8. The molecule has 3 rings (SSSR count). The van der Waals surface area contributed by atoms with E-state index in [1.807, 2.05) is 43.3 Å². The van der Waals surface area contributed by atoms with Crippen molar-refractivity contribution in [2.75, 3.05) is 11.4 Å². The van der Waals surface area contributed by atoms with Crippen LogP contribution in [0.15, 0.2) is 42.7 Å². The van der Waals surface area contributed by atoms with Crippen LogP contribution in [0.5, 0.6) is 0 Å². The molecule has 21 heavy (non-hydrogen) atoms. The van der Waals surface area contributed by atoms with Crippen LogP contribution in [0.4, 0.5) is 5.82 Å². The van der Waals surface area contributed by atoms with Crippen LogP contribution in [0.1, 0.15) is 35.3 Å². The zero-order valence-corrected chi connectivity index (χ0v) is 12.2. The molecule has 1 unspecified atom stereocenters. The summed E-state index contributed by atoms with van der Waals surface area (Å²) >= 11 is 0. The van der Waals surface area contributed by atoms with Crippen LogP contribution in [-0.4, -0.2) is 28.3 Å². The molecule has 0 aliphatic carbocycles. The van der Waals surface area contributed by atoms with Crippen molar-refractivity contribution in [2.24, 2.45) is 0 Å². The second kappa shape index (κ2) is 6.04. The lowest BCUT2D eigenvalue weighted by Crippen LogP contribution is -2.32. The molecule has 1 aliphatic rings. The maximum absolute atomic E-state index is 12.4. The molecule has 0 radical (unpaired) electrons. The first-order chi connectivity index (χ1) is 10.2. The maximum Gasteiger partial charge on any atom is 0.164 e. The van der Waals surface area contributed by atoms with Gasteiger partial charge in [0.1, 0.15) is 12.1 Å². The standard InChI is InChI=1S/C17H19N3O/c1-13-10-17(19-12-18-13)20-9-5-8-15(20)11-16(21)14-6-3-2-4-7-14/h2-4,6-7,10,12,15H,5,8-9,11H2,1H3. The molecule has 4 nitrogen and oxygen atoms in total. The molecule has 1 aromatic carbocycles. The number of hydrogen-bond donors (Lipinski definition) is 0. The van der Waals surface area contributed by atoms with Crippen molar-refractivity contribution in [3.8, 4) is 0 Å². The Balaban J connectivity index is 1.74. The van der Waals surface area contributed by atoms with E-state index in [-0.39, 0.29) is 11.8 Å². The van der Waals surface area contributed by atoms with Gasteiger partial charge in [0, 0.05) is 36.3 Å². The predicted octanol–water partition coefficient (Wildman–Crippen LogP) is 3.03. The van der Waals surface area contributed by atoms with Gasteiger partial charge in [-0.25, -0.2) is 9.97 Å². The normalized spacial score (nSPS) is 18.0. The molecule has 1 atom stereocenters. The molecule has 0 amide bonds. The fourth-order valence-corrected chi connectivity index (χ4v) is 2.90. The SMILES string of the molecule is Cc1cc(N2CCCC2CC(=O)c2ccccc2)ncn1. The van der Waals surface area contributed by atoms with E-state index in [0.717, 1.165) is 36.5 Å². The van der Waals surface area contributed by atoms with Crippen molar-refractivity contribution >= 4 is 11.6 Å². The van der Waals surface area contributed by atoms with E-state index >= 15 is 0 Å². The first-order valence-corrected chi connectivity index (χ1v) is 7.37. The monoisotopic (exact) mass is 281 g/mol. The summed E-state index contributed by atoms with van der Waals surface area (Å²) in [6.07, 6.45) is 4.30. The fourth-order valence-electron chi connectivity index (χ4n) is 2.90. The van der Waals surface area contributed by atoms with E-state index in [2.05, 4.69) is 14.9 Å². The Morgan fingerprint density at radius 2 is 2.10 bits per heavy atom. The van der Waals surface area contributed by atoms with Gasteiger partial charge in [0.05, 0.1) is 0 Å². The zero-order valence-electron chi connectivity index (χ0n) is 12.2. The molecular weight excluding hydrogens is 262 g/mol. The highest BCUT2D eigenvalue weighted by Gasteiger charge is 2.28. The van der Waals surface area contributed by atoms with E-state index in [9.17, 15) is 4.79 Å². The average Bonchev–Trinajstić information content (AvgIpc) is 2.96. The molecule has 1 aromatic heterocycles. The average molecular weight is 281 g/mol. The summed E-state index contributed by atoms with van der Waals surface area (Å²) in [7, 11) is 0. The third-order valence-corrected chi connectivity index (χ3v) is 3.98. The molecule has 0 saturated carbocycles. The molecule has 0 bridgehead atoms. The summed E-state index contributed by atoms with van der Waals surface area (Å²) in [5.41, 5.74) is 1.75. The molecule has 0 spiro atoms. The van der Waals surface area contributed by atoms with Gasteiger partial charge in [-0.05, 0) is 19.8 Å². The van der Waals surface area contributed by atoms with Crippen LogP contribution in [0.2, 0.25) is 0 Å². The minimum Gasteiger partial charge on any atom is -0.353 e. The maximum atomic E-state index is 12.4. The van der Waals surface area contributed by atoms with Gasteiger partial charge in [0.15, 0.2) is 5.78 Å². The van der Waals surface area contributed by atoms with E-state index in [1.165, 1.54) is 0 Å². The number of carbonyl (C=O) groups excluding carboxylic acids is 1. The van der Waals surface area contributed by atoms with Crippen LogP contribution in [0, 0.1) is 6.92 Å². The number of aryl methyl sites for hydroxylation is 1. The minimum atomic E-state index is 0.207. The Hall–Kier alpha value is -2.23. The lowest BCUT2D eigenvalue weighted by Gasteiger charge is -2.25. The van der Waals surface area contributed by atoms with Crippen molar-refractivity contribution in [1.29, 1.82) is 0 Å². The molecule has 4 heteroatoms. The Morgan fingerprint density at radius 1 is 1.29 bits per heavy atom. The van der Waals surface area contributed by atoms with Gasteiger partial charge >= 0.3 is 0 Å². The lowest BCUT2D eigenvalue weighted by molar-refractivity contribution is 0.0974. The Bertz CT molecular complexity index is 627. The van der Waals surface area contributed by atoms with E-state index in [4.69, 9.17) is 0 Å². The molecule has 1 aliphatic heterocycles. The van der Waals surface area contributed by atoms with Crippen LogP contribution >= 0.6 is 0 Å². The summed E-state index contributed by atoms with van der Waals surface area (Å²) in [6.45, 7) is 2.93. The van der Waals surface area contributed by atoms with E-state index in [0.29, 0.717) is 6.42 Å². The Morgan fingerprint density at radius 3 is 2.86 bits per heavy atom. The highest BCUT2D eigenvalue weighted by atomic mass is 16.1. The molecule has 2 aromatic rings. The second-order valence-corrected chi connectivity index (χ2v) is 5.50. The number of rotatable bonds is 4. The molecule has 108 valence electrons. The third-order valence-electron chi connectivity index (χ3n) is 3.98. The van der Waals surface area contributed by atoms with Crippen LogP contribution in [0.3, 0.4) is 0 Å². The van der Waals surface area contributed by atoms with Crippen LogP contribution in [-0.2, 0) is 0 Å². The van der Waals surface area contributed by atoms with Crippen molar-refractivity contribution in [2.45, 2.75) is 32.2 Å². The van der Waals surface area contributed by atoms with Gasteiger partial charge < -0.3 is 4.90 Å². The predicted molar refractivity (Wildman–Crippen MR) is 82.5 cm³/mol. The lowest BCUT2D eigenvalue weighted by atomic mass is 10.0. The zero-order chi connectivity index (χ0) is 14.7. The summed E-state index contributed by atoms with van der Waals surface area (Å²) in [5, 5.41) is 0. The number of aromatic nitrogens is 2. The molecule has 1 saturated heterocycles. The Labute approximate surface area is 124 Å². The summed E-state index contributed by atoms with van der Waals surface area (Å²) < 4.78 is 0. The number of benzene rings is 1. The fraction of sp³-hybridized carbons (Fsp3) is 0.353. The smallest absolute Gasteiger partial charge is 0.164 e. The van der Waals surface area contributed by atoms with Crippen LogP contribution < -0.4 is 4.90 Å². The topological polar surface area (TPSA) is 46.1 Å². The highest BCUT2D eigenvalue weighted by Crippen LogP contribution is 2.26. The van der Waals surface area contributed by atoms with E-state index < -0.39 is 0 Å². The van der Waals surface area contributed by atoms with E-state index in [1.54, 1.807) is 6.33 Å². The third kappa shape index (κ3) is 3.10. The van der Waals surface area contributed by atoms with Gasteiger partial charge in [-0.2, -0.15) is 0 Å². The van der Waals surface area contributed by atoms with Gasteiger partial charge in [0.25, 0.3) is 0 Å². The molecule has 0 N–H and O–H groups in total. The number of carbonyl (C=O) groups is 1. The summed E-state index contributed by atoms with van der Waals surface area (Å²) in [5.74, 6) is 1.14. The highest BCUT2D eigenvalue weighted by molar-refractivity contribution is 5.96. The summed E-state index contributed by atoms with van der Waals surface area (Å²) in [4.78, 5) is 23.1. The largest absolute Gasteiger partial charge is 0.353 e. The molecule has 1 fully saturated rings. The van der Waals surface area contributed by atoms with Crippen LogP contribution in [0.25, 0.3) is 0 Å². The van der Waals surface area contributed by atoms with Crippen molar-refractivity contribution in [3.63, 3.8) is 0 Å². The Kier molecular flexibility index (Phi) is 3.95. The number of anilines is 1. The van der Waals surface area contributed by atoms with Gasteiger partial charge in [0.2, 0.25) is 0 Å². The number of nitrogens with zero attached hydrogens (tertiary/aromatic N) is 3. The number of ketones is 1. The number of hydrogen-bond acceptors (Lipinski definition) is 4. The minimum absolute atomic E-state index is 0.207. The second-order valence-electron chi connectivity index (χ2n) is 5.50. The quantitative estimate of drug-likeness (QED) is 0.808. The first kappa shape index (κ1) is 13.7. The molecular formula is C17H19N3O. The van der Waals surface area contributed by atoms with Crippen molar-refractivity contribution in [3.05, 3.63) is 54.0 Å². The van der Waals surface area contributed by atoms with Gasteiger partial charge in [-0.3, -0.25) is 4.79 Å². The molecule has 2 heterocycles. The number of Topliss-reactive ketones (excluding diaryl/α,β-unsaturated/α-hetero) is 1. The first-order valence-electron chi connectivity index (χ1n) is 7.37. The van der Waals surface area contributed by atoms with Crippen molar-refractivity contribution in [1.82, 2.24) is 9.97 Å². The van der Waals surface area contributed by atoms with Gasteiger partial charge in [-0.1, -0.05) is 30.3 Å².